The van der Waals surface area contributed by atoms with Gasteiger partial charge in [-0.15, -0.1) is 5.10 Å². The second-order valence-corrected chi connectivity index (χ2v) is 8.34. The fourth-order valence-electron chi connectivity index (χ4n) is 2.77. The second-order valence-electron chi connectivity index (χ2n) is 6.54. The number of likely N-dealkylation sites (N-methyl/N-ethyl adjacent to an activating group) is 1. The highest BCUT2D eigenvalue weighted by Crippen LogP contribution is 2.26. The van der Waals surface area contributed by atoms with Gasteiger partial charge in [0.25, 0.3) is 0 Å². The molecule has 0 bridgehead atoms. The number of benzene rings is 2. The molecule has 30 heavy (non-hydrogen) atoms. The van der Waals surface area contributed by atoms with Gasteiger partial charge in [-0.3, -0.25) is 14.7 Å². The first-order valence-corrected chi connectivity index (χ1v) is 11.2. The SMILES string of the molecule is CCc1ccccc1NC(=O)CN(C)C(=O)CSc1n[nH]c(-c2ccccc2Br)n1. The molecule has 156 valence electrons. The Balaban J connectivity index is 1.51. The number of rotatable bonds is 8. The third-order valence-electron chi connectivity index (χ3n) is 4.40. The van der Waals surface area contributed by atoms with Crippen LogP contribution in [0.2, 0.25) is 0 Å². The lowest BCUT2D eigenvalue weighted by molar-refractivity contribution is -0.131. The molecule has 1 heterocycles. The molecule has 0 fully saturated rings. The average molecular weight is 488 g/mol. The summed E-state index contributed by atoms with van der Waals surface area (Å²) < 4.78 is 0.907. The highest BCUT2D eigenvalue weighted by molar-refractivity contribution is 9.10. The Morgan fingerprint density at radius 1 is 1.17 bits per heavy atom. The van der Waals surface area contributed by atoms with E-state index in [1.54, 1.807) is 7.05 Å². The van der Waals surface area contributed by atoms with Gasteiger partial charge < -0.3 is 10.2 Å². The molecule has 0 unspecified atom stereocenters. The van der Waals surface area contributed by atoms with E-state index < -0.39 is 0 Å². The van der Waals surface area contributed by atoms with Crippen LogP contribution in [0.5, 0.6) is 0 Å². The van der Waals surface area contributed by atoms with Gasteiger partial charge in [-0.1, -0.05) is 71.0 Å². The van der Waals surface area contributed by atoms with Crippen molar-refractivity contribution in [2.75, 3.05) is 24.7 Å². The van der Waals surface area contributed by atoms with E-state index in [0.29, 0.717) is 11.0 Å². The maximum absolute atomic E-state index is 12.4. The lowest BCUT2D eigenvalue weighted by atomic mass is 10.1. The number of amides is 2. The Hall–Kier alpha value is -2.65. The maximum Gasteiger partial charge on any atom is 0.243 e. The summed E-state index contributed by atoms with van der Waals surface area (Å²) in [6.07, 6.45) is 0.820. The van der Waals surface area contributed by atoms with Gasteiger partial charge in [-0.2, -0.15) is 0 Å². The molecule has 2 amide bonds. The van der Waals surface area contributed by atoms with Gasteiger partial charge in [0.2, 0.25) is 17.0 Å². The minimum absolute atomic E-state index is 0.0202. The predicted molar refractivity (Wildman–Crippen MR) is 122 cm³/mol. The van der Waals surface area contributed by atoms with Crippen molar-refractivity contribution >= 4 is 45.2 Å². The van der Waals surface area contributed by atoms with Gasteiger partial charge >= 0.3 is 0 Å². The number of aromatic amines is 1. The summed E-state index contributed by atoms with van der Waals surface area (Å²) in [5, 5.41) is 10.4. The van der Waals surface area contributed by atoms with Crippen molar-refractivity contribution in [3.63, 3.8) is 0 Å². The molecule has 0 aliphatic heterocycles. The number of nitrogens with one attached hydrogen (secondary N) is 2. The molecule has 7 nitrogen and oxygen atoms in total. The first-order valence-electron chi connectivity index (χ1n) is 9.39. The Kier molecular flexibility index (Phi) is 7.64. The number of hydrogen-bond acceptors (Lipinski definition) is 5. The normalized spacial score (nSPS) is 10.6. The molecule has 0 saturated heterocycles. The second kappa shape index (κ2) is 10.4. The highest BCUT2D eigenvalue weighted by atomic mass is 79.9. The van der Waals surface area contributed by atoms with E-state index in [-0.39, 0.29) is 24.1 Å². The molecule has 2 aromatic carbocycles. The van der Waals surface area contributed by atoms with Gasteiger partial charge in [0.15, 0.2) is 5.82 Å². The molecule has 0 atom stereocenters. The largest absolute Gasteiger partial charge is 0.336 e. The number of anilines is 1. The topological polar surface area (TPSA) is 91.0 Å². The predicted octanol–water partition coefficient (Wildman–Crippen LogP) is 3.99. The zero-order valence-electron chi connectivity index (χ0n) is 16.7. The summed E-state index contributed by atoms with van der Waals surface area (Å²) in [7, 11) is 1.61. The number of halogens is 1. The van der Waals surface area contributed by atoms with Gasteiger partial charge in [0, 0.05) is 22.8 Å². The minimum Gasteiger partial charge on any atom is -0.336 e. The molecular weight excluding hydrogens is 466 g/mol. The van der Waals surface area contributed by atoms with Crippen molar-refractivity contribution in [2.24, 2.45) is 0 Å². The van der Waals surface area contributed by atoms with Crippen molar-refractivity contribution < 1.29 is 9.59 Å². The van der Waals surface area contributed by atoms with E-state index in [9.17, 15) is 9.59 Å². The molecule has 1 aromatic heterocycles. The van der Waals surface area contributed by atoms with Gasteiger partial charge in [0.05, 0.1) is 12.3 Å². The van der Waals surface area contributed by atoms with Crippen LogP contribution < -0.4 is 5.32 Å². The lowest BCUT2D eigenvalue weighted by Gasteiger charge is -2.17. The zero-order chi connectivity index (χ0) is 21.5. The maximum atomic E-state index is 12.4. The van der Waals surface area contributed by atoms with E-state index in [1.807, 2.05) is 55.5 Å². The van der Waals surface area contributed by atoms with Crippen LogP contribution in [-0.2, 0) is 16.0 Å². The van der Waals surface area contributed by atoms with Crippen molar-refractivity contribution in [3.8, 4) is 11.4 Å². The smallest absolute Gasteiger partial charge is 0.243 e. The Labute approximate surface area is 187 Å². The van der Waals surface area contributed by atoms with Crippen LogP contribution in [0.4, 0.5) is 5.69 Å². The standard InChI is InChI=1S/C21H22BrN5O2S/c1-3-14-8-4-7-11-17(14)23-18(28)12-27(2)19(29)13-30-21-24-20(25-26-21)15-9-5-6-10-16(15)22/h4-11H,3,12-13H2,1-2H3,(H,23,28)(H,24,25,26). The summed E-state index contributed by atoms with van der Waals surface area (Å²) in [5.74, 6) is 0.361. The van der Waals surface area contributed by atoms with E-state index in [0.717, 1.165) is 27.7 Å². The number of H-pyrrole nitrogens is 1. The van der Waals surface area contributed by atoms with E-state index >= 15 is 0 Å². The third-order valence-corrected chi connectivity index (χ3v) is 5.92. The highest BCUT2D eigenvalue weighted by Gasteiger charge is 2.16. The number of carbonyl (C=O) groups excluding carboxylic acids is 2. The zero-order valence-corrected chi connectivity index (χ0v) is 19.1. The van der Waals surface area contributed by atoms with Crippen LogP contribution in [0.1, 0.15) is 12.5 Å². The van der Waals surface area contributed by atoms with Crippen LogP contribution in [0.15, 0.2) is 58.2 Å². The van der Waals surface area contributed by atoms with Crippen LogP contribution in [0.3, 0.4) is 0 Å². The molecule has 9 heteroatoms. The Morgan fingerprint density at radius 3 is 2.67 bits per heavy atom. The number of carbonyl (C=O) groups is 2. The summed E-state index contributed by atoms with van der Waals surface area (Å²) in [6.45, 7) is 2.01. The Bertz CT molecular complexity index is 1040. The van der Waals surface area contributed by atoms with Crippen molar-refractivity contribution in [2.45, 2.75) is 18.5 Å². The first kappa shape index (κ1) is 22.0. The number of thioether (sulfide) groups is 1. The average Bonchev–Trinajstić information content (AvgIpc) is 3.21. The van der Waals surface area contributed by atoms with Crippen molar-refractivity contribution in [1.82, 2.24) is 20.1 Å². The van der Waals surface area contributed by atoms with Crippen LogP contribution in [-0.4, -0.2) is 51.2 Å². The van der Waals surface area contributed by atoms with E-state index in [2.05, 4.69) is 36.4 Å². The molecule has 3 aromatic rings. The minimum atomic E-state index is -0.231. The fraction of sp³-hybridized carbons (Fsp3) is 0.238. The number of hydrogen-bond donors (Lipinski definition) is 2. The molecule has 0 aliphatic carbocycles. The first-order chi connectivity index (χ1) is 14.5. The van der Waals surface area contributed by atoms with Gasteiger partial charge in [-0.25, -0.2) is 4.98 Å². The van der Waals surface area contributed by atoms with Crippen LogP contribution in [0.25, 0.3) is 11.4 Å². The van der Waals surface area contributed by atoms with E-state index in [1.165, 1.54) is 16.7 Å². The van der Waals surface area contributed by atoms with E-state index in [4.69, 9.17) is 0 Å². The number of aromatic nitrogens is 3. The molecule has 2 N–H and O–H groups in total. The summed E-state index contributed by atoms with van der Waals surface area (Å²) in [4.78, 5) is 30.6. The van der Waals surface area contributed by atoms with Crippen LogP contribution >= 0.6 is 27.7 Å². The summed E-state index contributed by atoms with van der Waals surface area (Å²) >= 11 is 4.71. The summed E-state index contributed by atoms with van der Waals surface area (Å²) in [5.41, 5.74) is 2.73. The lowest BCUT2D eigenvalue weighted by Crippen LogP contribution is -2.36. The quantitative estimate of drug-likeness (QED) is 0.468. The number of para-hydroxylation sites is 1. The molecule has 0 spiro atoms. The Morgan fingerprint density at radius 2 is 1.90 bits per heavy atom. The van der Waals surface area contributed by atoms with Crippen molar-refractivity contribution in [3.05, 3.63) is 58.6 Å². The monoisotopic (exact) mass is 487 g/mol. The van der Waals surface area contributed by atoms with Crippen LogP contribution in [0, 0.1) is 0 Å². The number of nitrogens with zero attached hydrogens (tertiary/aromatic N) is 3. The molecule has 0 radical (unpaired) electrons. The molecular formula is C21H22BrN5O2S. The molecule has 3 rings (SSSR count). The van der Waals surface area contributed by atoms with Gasteiger partial charge in [-0.05, 0) is 24.1 Å². The molecule has 0 aliphatic rings. The number of aryl methyl sites for hydroxylation is 1. The third kappa shape index (κ3) is 5.70. The van der Waals surface area contributed by atoms with Crippen molar-refractivity contribution in [1.29, 1.82) is 0 Å². The van der Waals surface area contributed by atoms with Gasteiger partial charge in [0.1, 0.15) is 0 Å². The molecule has 0 saturated carbocycles. The summed E-state index contributed by atoms with van der Waals surface area (Å²) in [6, 6.07) is 15.3. The fourth-order valence-corrected chi connectivity index (χ4v) is 3.98.